The van der Waals surface area contributed by atoms with E-state index in [1.165, 1.54) is 0 Å². The van der Waals surface area contributed by atoms with E-state index in [2.05, 4.69) is 106 Å². The molecule has 0 N–H and O–H groups in total. The summed E-state index contributed by atoms with van der Waals surface area (Å²) in [6, 6.07) is 50.1. The lowest BCUT2D eigenvalue weighted by molar-refractivity contribution is 1.12. The summed E-state index contributed by atoms with van der Waals surface area (Å²) in [6.45, 7) is 0. The van der Waals surface area contributed by atoms with Crippen molar-refractivity contribution in [2.45, 2.75) is 0 Å². The Morgan fingerprint density at radius 1 is 0.405 bits per heavy atom. The van der Waals surface area contributed by atoms with Crippen LogP contribution in [-0.2, 0) is 0 Å². The van der Waals surface area contributed by atoms with Gasteiger partial charge in [0.05, 0.1) is 45.1 Å². The van der Waals surface area contributed by atoms with Crippen LogP contribution in [0.15, 0.2) is 133 Å². The average molecular weight is 535 g/mol. The smallest absolute Gasteiger partial charge is 0.104 e. The van der Waals surface area contributed by atoms with Crippen LogP contribution < -0.4 is 0 Å². The van der Waals surface area contributed by atoms with Crippen molar-refractivity contribution in [2.75, 3.05) is 0 Å². The molecule has 0 fully saturated rings. The number of fused-ring (bicyclic) bond motifs is 6. The zero-order chi connectivity index (χ0) is 28.2. The molecule has 0 saturated carbocycles. The van der Waals surface area contributed by atoms with Crippen LogP contribution in [0.5, 0.6) is 0 Å². The quantitative estimate of drug-likeness (QED) is 0.227. The summed E-state index contributed by atoms with van der Waals surface area (Å²) in [6.07, 6.45) is 0. The maximum atomic E-state index is 10.9. The lowest BCUT2D eigenvalue weighted by Gasteiger charge is -2.18. The molecule has 0 aliphatic carbocycles. The van der Waals surface area contributed by atoms with Crippen molar-refractivity contribution in [3.05, 3.63) is 145 Å². The Bertz CT molecular complexity index is 2180. The summed E-state index contributed by atoms with van der Waals surface area (Å²) in [5.74, 6) is 0. The number of hydrogen-bond donors (Lipinski definition) is 0. The molecule has 0 aliphatic heterocycles. The Balaban J connectivity index is 1.55. The summed E-state index contributed by atoms with van der Waals surface area (Å²) < 4.78 is 4.43. The van der Waals surface area contributed by atoms with Crippen LogP contribution in [0, 0.1) is 22.7 Å². The lowest BCUT2D eigenvalue weighted by Crippen LogP contribution is -2.05. The Morgan fingerprint density at radius 2 is 0.786 bits per heavy atom. The van der Waals surface area contributed by atoms with E-state index in [9.17, 15) is 10.5 Å². The summed E-state index contributed by atoms with van der Waals surface area (Å²) in [7, 11) is 0. The number of benzene rings is 6. The molecule has 194 valence electrons. The Morgan fingerprint density at radius 3 is 1.14 bits per heavy atom. The fourth-order valence-corrected chi connectivity index (χ4v) is 6.35. The third-order valence-corrected chi connectivity index (χ3v) is 8.20. The monoisotopic (exact) mass is 534 g/mol. The van der Waals surface area contributed by atoms with Crippen molar-refractivity contribution in [2.24, 2.45) is 0 Å². The summed E-state index contributed by atoms with van der Waals surface area (Å²) >= 11 is 0. The van der Waals surface area contributed by atoms with Gasteiger partial charge in [-0.1, -0.05) is 84.9 Å². The SMILES string of the molecule is N#Cc1ccc(-c2cc(-n3c4ccccc4c4ccccc43)c(C#N)c(-n3c4ccccc4c4ccccc43)c2)cc1. The molecule has 0 saturated heterocycles. The second-order valence-electron chi connectivity index (χ2n) is 10.4. The van der Waals surface area contributed by atoms with Gasteiger partial charge in [-0.2, -0.15) is 10.5 Å². The maximum Gasteiger partial charge on any atom is 0.104 e. The molecule has 4 nitrogen and oxygen atoms in total. The summed E-state index contributed by atoms with van der Waals surface area (Å²) in [5.41, 5.74) is 8.93. The van der Waals surface area contributed by atoms with E-state index in [4.69, 9.17) is 0 Å². The largest absolute Gasteiger partial charge is 0.308 e. The first-order chi connectivity index (χ1) is 20.8. The molecular formula is C38H22N4. The van der Waals surface area contributed by atoms with E-state index in [0.29, 0.717) is 11.1 Å². The van der Waals surface area contributed by atoms with Gasteiger partial charge in [0.1, 0.15) is 11.6 Å². The molecule has 2 heterocycles. The van der Waals surface area contributed by atoms with Crippen LogP contribution in [0.3, 0.4) is 0 Å². The Labute approximate surface area is 242 Å². The van der Waals surface area contributed by atoms with Crippen molar-refractivity contribution in [3.8, 4) is 34.6 Å². The highest BCUT2D eigenvalue weighted by atomic mass is 15.0. The number of para-hydroxylation sites is 4. The normalized spacial score (nSPS) is 11.3. The number of nitriles is 2. The second-order valence-corrected chi connectivity index (χ2v) is 10.4. The van der Waals surface area contributed by atoms with Gasteiger partial charge in [0.15, 0.2) is 0 Å². The number of aromatic nitrogens is 2. The number of hydrogen-bond acceptors (Lipinski definition) is 2. The highest BCUT2D eigenvalue weighted by molar-refractivity contribution is 6.11. The highest BCUT2D eigenvalue weighted by Crippen LogP contribution is 2.39. The fourth-order valence-electron chi connectivity index (χ4n) is 6.35. The molecule has 0 atom stereocenters. The topological polar surface area (TPSA) is 57.4 Å². The molecule has 0 radical (unpaired) electrons. The fraction of sp³-hybridized carbons (Fsp3) is 0. The van der Waals surface area contributed by atoms with Crippen LogP contribution in [-0.4, -0.2) is 9.13 Å². The minimum Gasteiger partial charge on any atom is -0.308 e. The first-order valence-electron chi connectivity index (χ1n) is 13.8. The molecule has 0 unspecified atom stereocenters. The molecule has 2 aromatic heterocycles. The van der Waals surface area contributed by atoms with Crippen LogP contribution in [0.1, 0.15) is 11.1 Å². The van der Waals surface area contributed by atoms with E-state index in [1.807, 2.05) is 48.5 Å². The van der Waals surface area contributed by atoms with Gasteiger partial charge in [0.25, 0.3) is 0 Å². The molecule has 8 aromatic rings. The molecule has 4 heteroatoms. The zero-order valence-electron chi connectivity index (χ0n) is 22.5. The summed E-state index contributed by atoms with van der Waals surface area (Å²) in [4.78, 5) is 0. The van der Waals surface area contributed by atoms with Gasteiger partial charge in [0, 0.05) is 21.5 Å². The molecule has 0 bridgehead atoms. The van der Waals surface area contributed by atoms with Crippen molar-refractivity contribution in [1.29, 1.82) is 10.5 Å². The van der Waals surface area contributed by atoms with Crippen LogP contribution in [0.2, 0.25) is 0 Å². The lowest BCUT2D eigenvalue weighted by atomic mass is 9.99. The second kappa shape index (κ2) is 9.24. The van der Waals surface area contributed by atoms with Gasteiger partial charge in [-0.15, -0.1) is 0 Å². The van der Waals surface area contributed by atoms with Crippen molar-refractivity contribution in [1.82, 2.24) is 9.13 Å². The van der Waals surface area contributed by atoms with Crippen LogP contribution in [0.25, 0.3) is 66.1 Å². The van der Waals surface area contributed by atoms with Crippen molar-refractivity contribution >= 4 is 43.6 Å². The van der Waals surface area contributed by atoms with E-state index in [-0.39, 0.29) is 0 Å². The molecule has 8 rings (SSSR count). The van der Waals surface area contributed by atoms with E-state index in [1.54, 1.807) is 0 Å². The van der Waals surface area contributed by atoms with Gasteiger partial charge in [-0.05, 0) is 59.7 Å². The first kappa shape index (κ1) is 23.8. The minimum absolute atomic E-state index is 0.588. The third-order valence-electron chi connectivity index (χ3n) is 8.20. The van der Waals surface area contributed by atoms with Gasteiger partial charge in [-0.3, -0.25) is 0 Å². The predicted molar refractivity (Wildman–Crippen MR) is 170 cm³/mol. The molecule has 0 aliphatic rings. The maximum absolute atomic E-state index is 10.9. The van der Waals surface area contributed by atoms with Crippen molar-refractivity contribution in [3.63, 3.8) is 0 Å². The molecule has 42 heavy (non-hydrogen) atoms. The van der Waals surface area contributed by atoms with E-state index >= 15 is 0 Å². The third kappa shape index (κ3) is 3.40. The summed E-state index contributed by atoms with van der Waals surface area (Å²) in [5, 5.41) is 24.9. The minimum atomic E-state index is 0.588. The van der Waals surface area contributed by atoms with Crippen LogP contribution in [0.4, 0.5) is 0 Å². The van der Waals surface area contributed by atoms with Gasteiger partial charge < -0.3 is 9.13 Å². The number of nitrogens with zero attached hydrogens (tertiary/aromatic N) is 4. The Kier molecular flexibility index (Phi) is 5.22. The van der Waals surface area contributed by atoms with Gasteiger partial charge >= 0.3 is 0 Å². The Hall–Kier alpha value is -6.10. The first-order valence-corrected chi connectivity index (χ1v) is 13.8. The average Bonchev–Trinajstić information content (AvgIpc) is 3.57. The molecule has 6 aromatic carbocycles. The number of rotatable bonds is 3. The van der Waals surface area contributed by atoms with Gasteiger partial charge in [-0.25, -0.2) is 0 Å². The van der Waals surface area contributed by atoms with E-state index in [0.717, 1.165) is 66.1 Å². The van der Waals surface area contributed by atoms with Gasteiger partial charge in [0.2, 0.25) is 0 Å². The zero-order valence-corrected chi connectivity index (χ0v) is 22.5. The van der Waals surface area contributed by atoms with Crippen molar-refractivity contribution < 1.29 is 0 Å². The standard InChI is InChI=1S/C38H22N4/c39-23-25-17-19-26(20-18-25)27-21-37(41-33-13-5-1-9-28(33)29-10-2-6-14-34(29)41)32(24-40)38(22-27)42-35-15-7-3-11-30(35)31-12-4-8-16-36(31)42/h1-22H. The molecule has 0 spiro atoms. The van der Waals surface area contributed by atoms with Crippen LogP contribution >= 0.6 is 0 Å². The molecular weight excluding hydrogens is 512 g/mol. The predicted octanol–water partition coefficient (Wildman–Crippen LogP) is 9.29. The van der Waals surface area contributed by atoms with E-state index < -0.39 is 0 Å². The highest BCUT2D eigenvalue weighted by Gasteiger charge is 2.22. The molecule has 0 amide bonds.